The number of halogens is 2. The van der Waals surface area contributed by atoms with Crippen molar-refractivity contribution in [3.05, 3.63) is 23.9 Å². The molecule has 0 unspecified atom stereocenters. The van der Waals surface area contributed by atoms with Crippen LogP contribution in [-0.4, -0.2) is 10.9 Å². The smallest absolute Gasteiger partial charge is 0.311 e. The first kappa shape index (κ1) is 9.46. The normalized spacial score (nSPS) is 10.8. The van der Waals surface area contributed by atoms with Gasteiger partial charge in [0.1, 0.15) is 5.82 Å². The van der Waals surface area contributed by atoms with Crippen LogP contribution in [0.2, 0.25) is 0 Å². The molecule has 0 saturated heterocycles. The molecular weight excluding hydrogens is 174 g/mol. The molecule has 4 heteroatoms. The Hall–Kier alpha value is -1.63. The van der Waals surface area contributed by atoms with Crippen molar-refractivity contribution in [1.29, 1.82) is 0 Å². The SMILES string of the molecule is C#CC(F)(F)Cc1cccnc1N. The number of pyridine rings is 1. The van der Waals surface area contributed by atoms with Crippen LogP contribution in [-0.2, 0) is 6.42 Å². The van der Waals surface area contributed by atoms with Gasteiger partial charge in [-0.1, -0.05) is 6.07 Å². The number of nitrogens with two attached hydrogens (primary N) is 1. The van der Waals surface area contributed by atoms with Crippen molar-refractivity contribution < 1.29 is 8.78 Å². The highest BCUT2D eigenvalue weighted by Crippen LogP contribution is 2.21. The van der Waals surface area contributed by atoms with Crippen LogP contribution >= 0.6 is 0 Å². The van der Waals surface area contributed by atoms with E-state index in [2.05, 4.69) is 11.4 Å². The lowest BCUT2D eigenvalue weighted by Crippen LogP contribution is -2.17. The summed E-state index contributed by atoms with van der Waals surface area (Å²) in [7, 11) is 0. The number of nitrogens with zero attached hydrogens (tertiary/aromatic N) is 1. The number of terminal acetylenes is 1. The number of aromatic nitrogens is 1. The molecule has 0 aliphatic carbocycles. The van der Waals surface area contributed by atoms with Crippen LogP contribution in [0.3, 0.4) is 0 Å². The number of alkyl halides is 2. The van der Waals surface area contributed by atoms with Gasteiger partial charge in [0.05, 0.1) is 6.42 Å². The van der Waals surface area contributed by atoms with Gasteiger partial charge in [0.2, 0.25) is 0 Å². The molecule has 0 aromatic carbocycles. The minimum absolute atomic E-state index is 0.0948. The molecule has 2 nitrogen and oxygen atoms in total. The molecule has 13 heavy (non-hydrogen) atoms. The Balaban J connectivity index is 2.88. The number of rotatable bonds is 2. The maximum atomic E-state index is 12.7. The van der Waals surface area contributed by atoms with Crippen LogP contribution in [0.25, 0.3) is 0 Å². The van der Waals surface area contributed by atoms with Crippen molar-refractivity contribution in [3.8, 4) is 12.3 Å². The lowest BCUT2D eigenvalue weighted by molar-refractivity contribution is 0.0673. The summed E-state index contributed by atoms with van der Waals surface area (Å²) in [5.74, 6) is -1.66. The van der Waals surface area contributed by atoms with Gasteiger partial charge in [0, 0.05) is 11.8 Å². The number of hydrogen-bond donors (Lipinski definition) is 1. The zero-order chi connectivity index (χ0) is 9.90. The number of anilines is 1. The maximum Gasteiger partial charge on any atom is 0.311 e. The van der Waals surface area contributed by atoms with E-state index in [9.17, 15) is 8.78 Å². The maximum absolute atomic E-state index is 12.7. The molecule has 0 amide bonds. The average Bonchev–Trinajstić information content (AvgIpc) is 2.09. The summed E-state index contributed by atoms with van der Waals surface area (Å²) in [6.07, 6.45) is 5.51. The molecule has 0 bridgehead atoms. The fourth-order valence-electron chi connectivity index (χ4n) is 0.891. The Morgan fingerprint density at radius 2 is 2.31 bits per heavy atom. The van der Waals surface area contributed by atoms with Crippen LogP contribution < -0.4 is 5.73 Å². The highest BCUT2D eigenvalue weighted by atomic mass is 19.3. The molecular formula is C9H8F2N2. The highest BCUT2D eigenvalue weighted by Gasteiger charge is 2.26. The highest BCUT2D eigenvalue weighted by molar-refractivity contribution is 5.39. The van der Waals surface area contributed by atoms with Gasteiger partial charge < -0.3 is 5.73 Å². The van der Waals surface area contributed by atoms with Crippen LogP contribution in [0.4, 0.5) is 14.6 Å². The van der Waals surface area contributed by atoms with Gasteiger partial charge in [0.15, 0.2) is 0 Å². The van der Waals surface area contributed by atoms with E-state index in [0.717, 1.165) is 0 Å². The fraction of sp³-hybridized carbons (Fsp3) is 0.222. The molecule has 0 aliphatic heterocycles. The van der Waals surface area contributed by atoms with Gasteiger partial charge in [0.25, 0.3) is 0 Å². The summed E-state index contributed by atoms with van der Waals surface area (Å²) in [6.45, 7) is 0. The van der Waals surface area contributed by atoms with E-state index in [0.29, 0.717) is 0 Å². The molecule has 0 aliphatic rings. The molecule has 0 fully saturated rings. The lowest BCUT2D eigenvalue weighted by Gasteiger charge is -2.09. The van der Waals surface area contributed by atoms with Gasteiger partial charge >= 0.3 is 5.92 Å². The topological polar surface area (TPSA) is 38.9 Å². The molecule has 1 aromatic rings. The van der Waals surface area contributed by atoms with Gasteiger partial charge in [-0.05, 0) is 12.0 Å². The third kappa shape index (κ3) is 2.41. The number of hydrogen-bond acceptors (Lipinski definition) is 2. The van der Waals surface area contributed by atoms with Crippen molar-refractivity contribution in [2.24, 2.45) is 0 Å². The van der Waals surface area contributed by atoms with Gasteiger partial charge in [-0.25, -0.2) is 4.98 Å². The molecule has 68 valence electrons. The van der Waals surface area contributed by atoms with Crippen LogP contribution in [0.15, 0.2) is 18.3 Å². The predicted molar refractivity (Wildman–Crippen MR) is 46.1 cm³/mol. The minimum Gasteiger partial charge on any atom is -0.383 e. The van der Waals surface area contributed by atoms with Gasteiger partial charge in [-0.15, -0.1) is 6.42 Å². The van der Waals surface area contributed by atoms with Crippen molar-refractivity contribution in [1.82, 2.24) is 4.98 Å². The van der Waals surface area contributed by atoms with E-state index in [1.54, 1.807) is 0 Å². The Labute approximate surface area is 74.8 Å². The van der Waals surface area contributed by atoms with E-state index < -0.39 is 12.3 Å². The van der Waals surface area contributed by atoms with Crippen LogP contribution in [0.1, 0.15) is 5.56 Å². The molecule has 0 radical (unpaired) electrons. The second-order valence-electron chi connectivity index (χ2n) is 2.57. The molecule has 0 saturated carbocycles. The fourth-order valence-corrected chi connectivity index (χ4v) is 0.891. The minimum atomic E-state index is -3.16. The summed E-state index contributed by atoms with van der Waals surface area (Å²) in [6, 6.07) is 3.02. The Bertz CT molecular complexity index is 342. The third-order valence-corrected chi connectivity index (χ3v) is 1.55. The van der Waals surface area contributed by atoms with Crippen LogP contribution in [0, 0.1) is 12.3 Å². The average molecular weight is 182 g/mol. The first-order valence-electron chi connectivity index (χ1n) is 3.60. The molecule has 0 spiro atoms. The summed E-state index contributed by atoms with van der Waals surface area (Å²) in [5.41, 5.74) is 5.64. The van der Waals surface area contributed by atoms with E-state index in [1.807, 2.05) is 0 Å². The van der Waals surface area contributed by atoms with Crippen molar-refractivity contribution >= 4 is 5.82 Å². The zero-order valence-corrected chi connectivity index (χ0v) is 6.80. The monoisotopic (exact) mass is 182 g/mol. The Morgan fingerprint density at radius 1 is 1.62 bits per heavy atom. The van der Waals surface area contributed by atoms with Crippen molar-refractivity contribution in [2.45, 2.75) is 12.3 Å². The Morgan fingerprint density at radius 3 is 2.85 bits per heavy atom. The largest absolute Gasteiger partial charge is 0.383 e. The standard InChI is InChI=1S/C9H8F2N2/c1-2-9(10,11)6-7-4-3-5-13-8(7)12/h1,3-5H,6H2,(H2,12,13). The summed E-state index contributed by atoms with van der Waals surface area (Å²) in [5, 5.41) is 0. The lowest BCUT2D eigenvalue weighted by atomic mass is 10.1. The molecule has 1 heterocycles. The number of nitrogen functional groups attached to an aromatic ring is 1. The summed E-state index contributed by atoms with van der Waals surface area (Å²) < 4.78 is 25.4. The molecule has 1 rings (SSSR count). The first-order valence-corrected chi connectivity index (χ1v) is 3.60. The van der Waals surface area contributed by atoms with Crippen molar-refractivity contribution in [3.63, 3.8) is 0 Å². The second kappa shape index (κ2) is 3.40. The van der Waals surface area contributed by atoms with E-state index in [1.165, 1.54) is 24.3 Å². The quantitative estimate of drug-likeness (QED) is 0.703. The third-order valence-electron chi connectivity index (χ3n) is 1.55. The predicted octanol–water partition coefficient (Wildman–Crippen LogP) is 1.47. The first-order chi connectivity index (χ1) is 6.05. The van der Waals surface area contributed by atoms with Crippen molar-refractivity contribution in [2.75, 3.05) is 5.73 Å². The van der Waals surface area contributed by atoms with Gasteiger partial charge in [-0.3, -0.25) is 0 Å². The summed E-state index contributed by atoms with van der Waals surface area (Å²) in [4.78, 5) is 3.67. The van der Waals surface area contributed by atoms with Crippen LogP contribution in [0.5, 0.6) is 0 Å². The Kier molecular flexibility index (Phi) is 2.47. The van der Waals surface area contributed by atoms with Gasteiger partial charge in [-0.2, -0.15) is 8.78 Å². The van der Waals surface area contributed by atoms with E-state index in [-0.39, 0.29) is 11.4 Å². The zero-order valence-electron chi connectivity index (χ0n) is 6.80. The van der Waals surface area contributed by atoms with E-state index >= 15 is 0 Å². The molecule has 0 atom stereocenters. The molecule has 2 N–H and O–H groups in total. The second-order valence-corrected chi connectivity index (χ2v) is 2.57. The van der Waals surface area contributed by atoms with E-state index in [4.69, 9.17) is 5.73 Å². The molecule has 1 aromatic heterocycles. The summed E-state index contributed by atoms with van der Waals surface area (Å²) >= 11 is 0.